The molecule has 1 aliphatic carbocycles. The molecule has 2 N–H and O–H groups in total. The fourth-order valence-electron chi connectivity index (χ4n) is 4.90. The molecule has 3 aromatic rings. The van der Waals surface area contributed by atoms with E-state index in [0.717, 1.165) is 41.8 Å². The van der Waals surface area contributed by atoms with E-state index in [-0.39, 0.29) is 23.6 Å². The summed E-state index contributed by atoms with van der Waals surface area (Å²) in [6.07, 6.45) is 6.72. The van der Waals surface area contributed by atoms with E-state index in [1.165, 1.54) is 5.56 Å². The fourth-order valence-corrected chi connectivity index (χ4v) is 4.90. The number of aromatic amines is 1. The van der Waals surface area contributed by atoms with Crippen LogP contribution in [0.1, 0.15) is 78.8 Å². The summed E-state index contributed by atoms with van der Waals surface area (Å²) in [5.74, 6) is -0.00718. The molecule has 5 rings (SSSR count). The van der Waals surface area contributed by atoms with Gasteiger partial charge in [-0.15, -0.1) is 0 Å². The van der Waals surface area contributed by atoms with Gasteiger partial charge in [0.25, 0.3) is 5.56 Å². The van der Waals surface area contributed by atoms with Gasteiger partial charge in [-0.25, -0.2) is 10.1 Å². The molecule has 3 heterocycles. The first-order chi connectivity index (χ1) is 13.6. The maximum atomic E-state index is 12.5. The summed E-state index contributed by atoms with van der Waals surface area (Å²) in [6, 6.07) is 11.1. The topological polar surface area (TPSA) is 75.6 Å². The van der Waals surface area contributed by atoms with Crippen LogP contribution < -0.4 is 10.9 Å². The quantitative estimate of drug-likeness (QED) is 0.736. The smallest absolute Gasteiger partial charge is 0.267 e. The zero-order valence-corrected chi connectivity index (χ0v) is 16.2. The highest BCUT2D eigenvalue weighted by atomic mass is 16.1. The zero-order chi connectivity index (χ0) is 19.3. The number of nitrogens with one attached hydrogen (secondary N) is 2. The molecule has 1 aromatic carbocycles. The Balaban J connectivity index is 1.76. The molecule has 0 amide bonds. The SMILES string of the molecule is CC(C)n1cncc1C1c2n[nH]c(=O)c3c2C(CCC3)NC1c1ccccc1. The predicted octanol–water partition coefficient (Wildman–Crippen LogP) is 3.40. The molecule has 1 aliphatic heterocycles. The maximum absolute atomic E-state index is 12.5. The van der Waals surface area contributed by atoms with Crippen LogP contribution in [0.2, 0.25) is 0 Å². The lowest BCUT2D eigenvalue weighted by atomic mass is 9.75. The van der Waals surface area contributed by atoms with E-state index in [0.29, 0.717) is 6.04 Å². The molecule has 0 bridgehead atoms. The van der Waals surface area contributed by atoms with Crippen LogP contribution in [0.4, 0.5) is 0 Å². The van der Waals surface area contributed by atoms with E-state index < -0.39 is 0 Å². The molecule has 6 nitrogen and oxygen atoms in total. The molecule has 0 fully saturated rings. The van der Waals surface area contributed by atoms with Crippen molar-refractivity contribution in [1.82, 2.24) is 25.1 Å². The Labute approximate surface area is 164 Å². The molecule has 0 saturated carbocycles. The van der Waals surface area contributed by atoms with Gasteiger partial charge in [0.05, 0.1) is 17.9 Å². The normalized spacial score (nSPS) is 23.6. The third-order valence-corrected chi connectivity index (χ3v) is 6.16. The molecule has 0 spiro atoms. The summed E-state index contributed by atoms with van der Waals surface area (Å²) < 4.78 is 2.21. The second-order valence-electron chi connectivity index (χ2n) is 8.13. The van der Waals surface area contributed by atoms with Crippen molar-refractivity contribution in [1.29, 1.82) is 0 Å². The van der Waals surface area contributed by atoms with Crippen molar-refractivity contribution in [3.63, 3.8) is 0 Å². The molecule has 28 heavy (non-hydrogen) atoms. The Morgan fingerprint density at radius 2 is 2.04 bits per heavy atom. The highest BCUT2D eigenvalue weighted by Crippen LogP contribution is 2.47. The standard InChI is InChI=1S/C22H25N5O/c1-13(2)27-12-23-11-17(27)19-20(14-7-4-3-5-8-14)24-16-10-6-9-15-18(16)21(19)25-26-22(15)28/h3-5,7-8,11-13,16,19-20,24H,6,9-10H2,1-2H3,(H,26,28). The minimum atomic E-state index is -0.0421. The maximum Gasteiger partial charge on any atom is 0.267 e. The molecular weight excluding hydrogens is 350 g/mol. The van der Waals surface area contributed by atoms with Crippen LogP contribution >= 0.6 is 0 Å². The van der Waals surface area contributed by atoms with Crippen LogP contribution in [0.3, 0.4) is 0 Å². The minimum Gasteiger partial charge on any atom is -0.331 e. The van der Waals surface area contributed by atoms with Crippen molar-refractivity contribution >= 4 is 0 Å². The number of hydrogen-bond donors (Lipinski definition) is 2. The molecule has 144 valence electrons. The first-order valence-electron chi connectivity index (χ1n) is 10.1. The van der Waals surface area contributed by atoms with Gasteiger partial charge in [-0.1, -0.05) is 30.3 Å². The first kappa shape index (κ1) is 17.4. The molecule has 0 radical (unpaired) electrons. The highest BCUT2D eigenvalue weighted by molar-refractivity contribution is 5.44. The van der Waals surface area contributed by atoms with Crippen LogP contribution in [-0.4, -0.2) is 19.7 Å². The largest absolute Gasteiger partial charge is 0.331 e. The average molecular weight is 375 g/mol. The molecule has 0 saturated heterocycles. The second-order valence-corrected chi connectivity index (χ2v) is 8.13. The fraction of sp³-hybridized carbons (Fsp3) is 0.409. The van der Waals surface area contributed by atoms with Gasteiger partial charge in [0.1, 0.15) is 0 Å². The van der Waals surface area contributed by atoms with Crippen molar-refractivity contribution < 1.29 is 0 Å². The number of rotatable bonds is 3. The Morgan fingerprint density at radius 1 is 1.21 bits per heavy atom. The third-order valence-electron chi connectivity index (χ3n) is 6.16. The number of hydrogen-bond acceptors (Lipinski definition) is 4. The van der Waals surface area contributed by atoms with Gasteiger partial charge in [-0.3, -0.25) is 4.79 Å². The lowest BCUT2D eigenvalue weighted by Gasteiger charge is -2.41. The average Bonchev–Trinajstić information content (AvgIpc) is 3.20. The summed E-state index contributed by atoms with van der Waals surface area (Å²) in [7, 11) is 0. The van der Waals surface area contributed by atoms with Crippen LogP contribution in [-0.2, 0) is 6.42 Å². The molecular formula is C22H25N5O. The second kappa shape index (κ2) is 6.71. The van der Waals surface area contributed by atoms with Crippen molar-refractivity contribution in [2.24, 2.45) is 0 Å². The first-order valence-corrected chi connectivity index (χ1v) is 10.1. The van der Waals surface area contributed by atoms with E-state index in [9.17, 15) is 4.79 Å². The van der Waals surface area contributed by atoms with Gasteiger partial charge < -0.3 is 9.88 Å². The van der Waals surface area contributed by atoms with Crippen LogP contribution in [0.15, 0.2) is 47.7 Å². The van der Waals surface area contributed by atoms with Gasteiger partial charge in [0.2, 0.25) is 0 Å². The lowest BCUT2D eigenvalue weighted by Crippen LogP contribution is -2.42. The van der Waals surface area contributed by atoms with E-state index in [2.05, 4.69) is 63.2 Å². The number of nitrogens with zero attached hydrogens (tertiary/aromatic N) is 3. The van der Waals surface area contributed by atoms with Crippen molar-refractivity contribution in [3.05, 3.63) is 81.3 Å². The Bertz CT molecular complexity index is 1050. The Kier molecular flexibility index (Phi) is 4.16. The van der Waals surface area contributed by atoms with E-state index in [4.69, 9.17) is 0 Å². The lowest BCUT2D eigenvalue weighted by molar-refractivity contribution is 0.327. The molecule has 2 aliphatic rings. The molecule has 6 heteroatoms. The summed E-state index contributed by atoms with van der Waals surface area (Å²) in [4.78, 5) is 16.9. The molecule has 3 unspecified atom stereocenters. The number of aromatic nitrogens is 4. The van der Waals surface area contributed by atoms with Crippen LogP contribution in [0, 0.1) is 0 Å². The monoisotopic (exact) mass is 375 g/mol. The van der Waals surface area contributed by atoms with Gasteiger partial charge in [0.15, 0.2) is 0 Å². The van der Waals surface area contributed by atoms with Gasteiger partial charge >= 0.3 is 0 Å². The third kappa shape index (κ3) is 2.63. The zero-order valence-electron chi connectivity index (χ0n) is 16.2. The summed E-state index contributed by atoms with van der Waals surface area (Å²) in [6.45, 7) is 4.33. The molecule has 2 aromatic heterocycles. The number of H-pyrrole nitrogens is 1. The Hall–Kier alpha value is -2.73. The predicted molar refractivity (Wildman–Crippen MR) is 107 cm³/mol. The van der Waals surface area contributed by atoms with Crippen molar-refractivity contribution in [2.75, 3.05) is 0 Å². The van der Waals surface area contributed by atoms with E-state index in [1.807, 2.05) is 18.6 Å². The molecule has 3 atom stereocenters. The summed E-state index contributed by atoms with van der Waals surface area (Å²) in [5, 5.41) is 11.3. The number of imidazole rings is 1. The van der Waals surface area contributed by atoms with Crippen LogP contribution in [0.25, 0.3) is 0 Å². The van der Waals surface area contributed by atoms with E-state index >= 15 is 0 Å². The van der Waals surface area contributed by atoms with Gasteiger partial charge in [-0.2, -0.15) is 5.10 Å². The summed E-state index contributed by atoms with van der Waals surface area (Å²) in [5.41, 5.74) is 5.33. The van der Waals surface area contributed by atoms with Crippen molar-refractivity contribution in [3.8, 4) is 0 Å². The van der Waals surface area contributed by atoms with Crippen molar-refractivity contribution in [2.45, 2.75) is 57.2 Å². The van der Waals surface area contributed by atoms with Gasteiger partial charge in [0, 0.05) is 41.1 Å². The Morgan fingerprint density at radius 3 is 2.82 bits per heavy atom. The van der Waals surface area contributed by atoms with E-state index in [1.54, 1.807) is 0 Å². The minimum absolute atomic E-state index is 0.00718. The van der Waals surface area contributed by atoms with Crippen LogP contribution in [0.5, 0.6) is 0 Å². The highest BCUT2D eigenvalue weighted by Gasteiger charge is 2.42. The summed E-state index contributed by atoms with van der Waals surface area (Å²) >= 11 is 0. The van der Waals surface area contributed by atoms with Gasteiger partial charge in [-0.05, 0) is 38.7 Å². The number of benzene rings is 1.